The summed E-state index contributed by atoms with van der Waals surface area (Å²) in [6.07, 6.45) is 0. The molecule has 1 aromatic heterocycles. The molecule has 0 fully saturated rings. The number of aryl methyl sites for hydroxylation is 2. The highest BCUT2D eigenvalue weighted by Gasteiger charge is 2.20. The standard InChI is InChI=1S/C16H20N2O2/c1-9-11(3)20-12(4)15(9)16(19)18-10(2)13-7-5-6-8-14(13)17/h5-8,10H,17H2,1-4H3,(H,18,19). The molecule has 0 aliphatic rings. The predicted molar refractivity (Wildman–Crippen MR) is 79.7 cm³/mol. The van der Waals surface area contributed by atoms with Crippen molar-refractivity contribution in [3.05, 3.63) is 52.5 Å². The normalized spacial score (nSPS) is 12.2. The van der Waals surface area contributed by atoms with Crippen LogP contribution in [0.15, 0.2) is 28.7 Å². The predicted octanol–water partition coefficient (Wildman–Crippen LogP) is 3.28. The third kappa shape index (κ3) is 2.54. The van der Waals surface area contributed by atoms with E-state index >= 15 is 0 Å². The Morgan fingerprint density at radius 2 is 1.85 bits per heavy atom. The Kier molecular flexibility index (Phi) is 3.84. The molecule has 0 saturated carbocycles. The summed E-state index contributed by atoms with van der Waals surface area (Å²) < 4.78 is 5.49. The van der Waals surface area contributed by atoms with Gasteiger partial charge in [0.1, 0.15) is 11.5 Å². The Morgan fingerprint density at radius 3 is 2.40 bits per heavy atom. The van der Waals surface area contributed by atoms with Crippen LogP contribution in [0.25, 0.3) is 0 Å². The van der Waals surface area contributed by atoms with Crippen LogP contribution in [-0.2, 0) is 0 Å². The largest absolute Gasteiger partial charge is 0.466 e. The number of carbonyl (C=O) groups is 1. The minimum atomic E-state index is -0.155. The van der Waals surface area contributed by atoms with Gasteiger partial charge in [-0.1, -0.05) is 18.2 Å². The molecule has 1 aromatic carbocycles. The molecule has 0 bridgehead atoms. The molecule has 3 N–H and O–H groups in total. The molecule has 1 amide bonds. The number of carbonyl (C=O) groups excluding carboxylic acids is 1. The number of hydrogen-bond donors (Lipinski definition) is 2. The Bertz CT molecular complexity index is 644. The van der Waals surface area contributed by atoms with Gasteiger partial charge in [0, 0.05) is 11.3 Å². The monoisotopic (exact) mass is 272 g/mol. The van der Waals surface area contributed by atoms with Crippen molar-refractivity contribution < 1.29 is 9.21 Å². The maximum atomic E-state index is 12.4. The van der Waals surface area contributed by atoms with Gasteiger partial charge in [-0.05, 0) is 39.3 Å². The van der Waals surface area contributed by atoms with Crippen molar-refractivity contribution in [2.24, 2.45) is 0 Å². The van der Waals surface area contributed by atoms with Gasteiger partial charge in [0.25, 0.3) is 5.91 Å². The minimum absolute atomic E-state index is 0.132. The van der Waals surface area contributed by atoms with E-state index in [0.717, 1.165) is 16.9 Å². The lowest BCUT2D eigenvalue weighted by molar-refractivity contribution is 0.0938. The summed E-state index contributed by atoms with van der Waals surface area (Å²) in [6, 6.07) is 7.38. The van der Waals surface area contributed by atoms with Gasteiger partial charge < -0.3 is 15.5 Å². The SMILES string of the molecule is Cc1oc(C)c(C(=O)NC(C)c2ccccc2N)c1C. The second-order valence-corrected chi connectivity index (χ2v) is 5.04. The first-order valence-electron chi connectivity index (χ1n) is 6.63. The molecule has 1 atom stereocenters. The van der Waals surface area contributed by atoms with Gasteiger partial charge in [0.15, 0.2) is 0 Å². The number of rotatable bonds is 3. The average Bonchev–Trinajstić information content (AvgIpc) is 2.63. The van der Waals surface area contributed by atoms with Crippen LogP contribution in [0.1, 0.15) is 46.0 Å². The van der Waals surface area contributed by atoms with Gasteiger partial charge in [0.05, 0.1) is 11.6 Å². The van der Waals surface area contributed by atoms with Crippen molar-refractivity contribution in [2.75, 3.05) is 5.73 Å². The maximum absolute atomic E-state index is 12.4. The highest BCUT2D eigenvalue weighted by molar-refractivity contribution is 5.97. The van der Waals surface area contributed by atoms with Crippen molar-refractivity contribution in [3.8, 4) is 0 Å². The highest BCUT2D eigenvalue weighted by Crippen LogP contribution is 2.23. The Balaban J connectivity index is 2.22. The Hall–Kier alpha value is -2.23. The van der Waals surface area contributed by atoms with Gasteiger partial charge in [-0.2, -0.15) is 0 Å². The fraction of sp³-hybridized carbons (Fsp3) is 0.312. The van der Waals surface area contributed by atoms with Crippen LogP contribution in [0.4, 0.5) is 5.69 Å². The van der Waals surface area contributed by atoms with E-state index < -0.39 is 0 Å². The zero-order valence-corrected chi connectivity index (χ0v) is 12.3. The van der Waals surface area contributed by atoms with Gasteiger partial charge in [0.2, 0.25) is 0 Å². The van der Waals surface area contributed by atoms with Crippen LogP contribution in [0.2, 0.25) is 0 Å². The van der Waals surface area contributed by atoms with Crippen molar-refractivity contribution in [2.45, 2.75) is 33.7 Å². The molecule has 2 aromatic rings. The van der Waals surface area contributed by atoms with E-state index in [1.54, 1.807) is 6.92 Å². The van der Waals surface area contributed by atoms with Gasteiger partial charge >= 0.3 is 0 Å². The van der Waals surface area contributed by atoms with Gasteiger partial charge in [-0.3, -0.25) is 4.79 Å². The van der Waals surface area contributed by atoms with Crippen LogP contribution in [-0.4, -0.2) is 5.91 Å². The number of hydrogen-bond acceptors (Lipinski definition) is 3. The number of amides is 1. The number of nitrogens with two attached hydrogens (primary N) is 1. The molecule has 1 unspecified atom stereocenters. The quantitative estimate of drug-likeness (QED) is 0.842. The topological polar surface area (TPSA) is 68.3 Å². The molecule has 2 rings (SSSR count). The van der Waals surface area contributed by atoms with Crippen LogP contribution < -0.4 is 11.1 Å². The van der Waals surface area contributed by atoms with Crippen molar-refractivity contribution in [1.29, 1.82) is 0 Å². The molecule has 0 aliphatic heterocycles. The fourth-order valence-electron chi connectivity index (χ4n) is 2.38. The van der Waals surface area contributed by atoms with Gasteiger partial charge in [-0.15, -0.1) is 0 Å². The highest BCUT2D eigenvalue weighted by atomic mass is 16.3. The summed E-state index contributed by atoms with van der Waals surface area (Å²) in [4.78, 5) is 12.4. The summed E-state index contributed by atoms with van der Waals surface area (Å²) in [5.74, 6) is 1.29. The second kappa shape index (κ2) is 5.41. The van der Waals surface area contributed by atoms with E-state index in [4.69, 9.17) is 10.2 Å². The zero-order chi connectivity index (χ0) is 14.9. The van der Waals surface area contributed by atoms with E-state index in [-0.39, 0.29) is 11.9 Å². The smallest absolute Gasteiger partial charge is 0.255 e. The van der Waals surface area contributed by atoms with Crippen LogP contribution in [0, 0.1) is 20.8 Å². The summed E-state index contributed by atoms with van der Waals surface area (Å²) in [5.41, 5.74) is 9.02. The van der Waals surface area contributed by atoms with E-state index in [2.05, 4.69) is 5.32 Å². The number of para-hydroxylation sites is 1. The zero-order valence-electron chi connectivity index (χ0n) is 12.3. The number of anilines is 1. The Morgan fingerprint density at radius 1 is 1.20 bits per heavy atom. The molecular formula is C16H20N2O2. The second-order valence-electron chi connectivity index (χ2n) is 5.04. The molecular weight excluding hydrogens is 252 g/mol. The van der Waals surface area contributed by atoms with Crippen molar-refractivity contribution in [1.82, 2.24) is 5.32 Å². The van der Waals surface area contributed by atoms with E-state index in [1.807, 2.05) is 45.0 Å². The van der Waals surface area contributed by atoms with E-state index in [1.165, 1.54) is 0 Å². The summed E-state index contributed by atoms with van der Waals surface area (Å²) in [5, 5.41) is 2.97. The molecule has 0 saturated heterocycles. The molecule has 0 aliphatic carbocycles. The molecule has 0 radical (unpaired) electrons. The summed E-state index contributed by atoms with van der Waals surface area (Å²) >= 11 is 0. The first-order valence-corrected chi connectivity index (χ1v) is 6.63. The van der Waals surface area contributed by atoms with Crippen molar-refractivity contribution >= 4 is 11.6 Å². The first-order chi connectivity index (χ1) is 9.41. The number of nitrogen functional groups attached to an aromatic ring is 1. The summed E-state index contributed by atoms with van der Waals surface area (Å²) in [6.45, 7) is 7.47. The summed E-state index contributed by atoms with van der Waals surface area (Å²) in [7, 11) is 0. The Labute approximate surface area is 119 Å². The number of nitrogens with one attached hydrogen (secondary N) is 1. The van der Waals surface area contributed by atoms with Crippen LogP contribution in [0.3, 0.4) is 0 Å². The van der Waals surface area contributed by atoms with Crippen LogP contribution >= 0.6 is 0 Å². The molecule has 4 nitrogen and oxygen atoms in total. The number of benzene rings is 1. The van der Waals surface area contributed by atoms with Gasteiger partial charge in [-0.25, -0.2) is 0 Å². The molecule has 20 heavy (non-hydrogen) atoms. The third-order valence-corrected chi connectivity index (χ3v) is 3.60. The average molecular weight is 272 g/mol. The molecule has 106 valence electrons. The van der Waals surface area contributed by atoms with E-state index in [0.29, 0.717) is 17.0 Å². The number of furan rings is 1. The molecule has 4 heteroatoms. The lowest BCUT2D eigenvalue weighted by Crippen LogP contribution is -2.27. The maximum Gasteiger partial charge on any atom is 0.255 e. The van der Waals surface area contributed by atoms with E-state index in [9.17, 15) is 4.79 Å². The first kappa shape index (κ1) is 14.2. The minimum Gasteiger partial charge on any atom is -0.466 e. The van der Waals surface area contributed by atoms with Crippen LogP contribution in [0.5, 0.6) is 0 Å². The lowest BCUT2D eigenvalue weighted by atomic mass is 10.0. The lowest BCUT2D eigenvalue weighted by Gasteiger charge is -2.16. The molecule has 0 spiro atoms. The third-order valence-electron chi connectivity index (χ3n) is 3.60. The molecule has 1 heterocycles. The fourth-order valence-corrected chi connectivity index (χ4v) is 2.38. The van der Waals surface area contributed by atoms with Crippen molar-refractivity contribution in [3.63, 3.8) is 0 Å².